The van der Waals surface area contributed by atoms with Crippen LogP contribution in [0.15, 0.2) is 48.0 Å². The minimum Gasteiger partial charge on any atom is -0.507 e. The summed E-state index contributed by atoms with van der Waals surface area (Å²) in [6.07, 6.45) is 0.538. The van der Waals surface area contributed by atoms with Crippen molar-refractivity contribution in [2.45, 2.75) is 19.4 Å². The maximum absolute atomic E-state index is 12.9. The van der Waals surface area contributed by atoms with Gasteiger partial charge in [0.2, 0.25) is 0 Å². The Labute approximate surface area is 179 Å². The number of Topliss-reactive ketones (excluding diaryl/α,β-unsaturated/α-hetero) is 1. The van der Waals surface area contributed by atoms with Gasteiger partial charge < -0.3 is 14.7 Å². The number of amides is 1. The van der Waals surface area contributed by atoms with Crippen LogP contribution in [0.5, 0.6) is 0 Å². The SMILES string of the molecule is COCCCN1C(=O)C(=O)/C(=C(/O)c2ccc(C)cc2)[C@@H]1c1ccc(Cl)cc1Cl. The van der Waals surface area contributed by atoms with Gasteiger partial charge in [-0.15, -0.1) is 0 Å². The first-order chi connectivity index (χ1) is 13.8. The van der Waals surface area contributed by atoms with E-state index in [0.717, 1.165) is 5.56 Å². The molecule has 29 heavy (non-hydrogen) atoms. The number of carbonyl (C=O) groups excluding carboxylic acids is 2. The first-order valence-electron chi connectivity index (χ1n) is 9.14. The fourth-order valence-electron chi connectivity index (χ4n) is 3.40. The normalized spacial score (nSPS) is 18.5. The summed E-state index contributed by atoms with van der Waals surface area (Å²) in [6.45, 7) is 2.64. The Balaban J connectivity index is 2.15. The molecule has 0 bridgehead atoms. The molecular weight excluding hydrogens is 413 g/mol. The molecule has 0 spiro atoms. The van der Waals surface area contributed by atoms with Crippen molar-refractivity contribution in [3.63, 3.8) is 0 Å². The number of carbonyl (C=O) groups is 2. The van der Waals surface area contributed by atoms with E-state index in [1.54, 1.807) is 37.4 Å². The van der Waals surface area contributed by atoms with E-state index in [9.17, 15) is 14.7 Å². The first kappa shape index (κ1) is 21.4. The van der Waals surface area contributed by atoms with Crippen LogP contribution in [0.3, 0.4) is 0 Å². The lowest BCUT2D eigenvalue weighted by molar-refractivity contribution is -0.140. The summed E-state index contributed by atoms with van der Waals surface area (Å²) < 4.78 is 5.07. The van der Waals surface area contributed by atoms with Gasteiger partial charge in [0.05, 0.1) is 11.6 Å². The Bertz CT molecular complexity index is 969. The second-order valence-electron chi connectivity index (χ2n) is 6.87. The van der Waals surface area contributed by atoms with Gasteiger partial charge in [0.1, 0.15) is 5.76 Å². The van der Waals surface area contributed by atoms with Gasteiger partial charge in [0.25, 0.3) is 11.7 Å². The molecule has 152 valence electrons. The lowest BCUT2D eigenvalue weighted by Crippen LogP contribution is -2.31. The zero-order valence-corrected chi connectivity index (χ0v) is 17.6. The van der Waals surface area contributed by atoms with E-state index in [0.29, 0.717) is 34.2 Å². The van der Waals surface area contributed by atoms with E-state index in [1.807, 2.05) is 19.1 Å². The predicted octanol–water partition coefficient (Wildman–Crippen LogP) is 4.76. The molecule has 1 aliphatic heterocycles. The Morgan fingerprint density at radius 2 is 1.83 bits per heavy atom. The third-order valence-corrected chi connectivity index (χ3v) is 5.43. The number of rotatable bonds is 6. The summed E-state index contributed by atoms with van der Waals surface area (Å²) in [6, 6.07) is 11.1. The number of benzene rings is 2. The van der Waals surface area contributed by atoms with Crippen molar-refractivity contribution in [3.8, 4) is 0 Å². The fourth-order valence-corrected chi connectivity index (χ4v) is 3.92. The highest BCUT2D eigenvalue weighted by molar-refractivity contribution is 6.47. The Hall–Kier alpha value is -2.34. The number of ether oxygens (including phenoxy) is 1. The highest BCUT2D eigenvalue weighted by atomic mass is 35.5. The summed E-state index contributed by atoms with van der Waals surface area (Å²) in [4.78, 5) is 27.1. The highest BCUT2D eigenvalue weighted by Gasteiger charge is 2.46. The molecular formula is C22H21Cl2NO4. The Kier molecular flexibility index (Phi) is 6.63. The average molecular weight is 434 g/mol. The quantitative estimate of drug-likeness (QED) is 0.308. The van der Waals surface area contributed by atoms with Crippen LogP contribution in [-0.4, -0.2) is 42.0 Å². The molecule has 1 heterocycles. The number of hydrogen-bond donors (Lipinski definition) is 1. The number of aliphatic hydroxyl groups is 1. The van der Waals surface area contributed by atoms with E-state index >= 15 is 0 Å². The zero-order chi connectivity index (χ0) is 21.1. The van der Waals surface area contributed by atoms with Gasteiger partial charge in [0.15, 0.2) is 0 Å². The Morgan fingerprint density at radius 1 is 1.14 bits per heavy atom. The number of likely N-dealkylation sites (tertiary alicyclic amines) is 1. The standard InChI is InChI=1S/C22H21Cl2NO4/c1-13-4-6-14(7-5-13)20(26)18-19(16-9-8-15(23)12-17(16)24)25(10-3-11-29-2)22(28)21(18)27/h4-9,12,19,26H,3,10-11H2,1-2H3/b20-18+/t19-/m0/s1. The van der Waals surface area contributed by atoms with E-state index in [-0.39, 0.29) is 17.9 Å². The van der Waals surface area contributed by atoms with Gasteiger partial charge in [-0.05, 0) is 31.0 Å². The van der Waals surface area contributed by atoms with Gasteiger partial charge in [-0.3, -0.25) is 9.59 Å². The van der Waals surface area contributed by atoms with Gasteiger partial charge in [0, 0.05) is 35.9 Å². The summed E-state index contributed by atoms with van der Waals surface area (Å²) >= 11 is 12.4. The second-order valence-corrected chi connectivity index (χ2v) is 7.71. The molecule has 5 nitrogen and oxygen atoms in total. The van der Waals surface area contributed by atoms with Gasteiger partial charge in [-0.25, -0.2) is 0 Å². The molecule has 7 heteroatoms. The number of methoxy groups -OCH3 is 1. The predicted molar refractivity (Wildman–Crippen MR) is 113 cm³/mol. The van der Waals surface area contributed by atoms with Crippen molar-refractivity contribution < 1.29 is 19.4 Å². The molecule has 1 saturated heterocycles. The minimum atomic E-state index is -0.807. The first-order valence-corrected chi connectivity index (χ1v) is 9.90. The molecule has 1 fully saturated rings. The van der Waals surface area contributed by atoms with E-state index in [4.69, 9.17) is 27.9 Å². The highest BCUT2D eigenvalue weighted by Crippen LogP contribution is 2.42. The van der Waals surface area contributed by atoms with Crippen LogP contribution in [0.4, 0.5) is 0 Å². The van der Waals surface area contributed by atoms with Crippen LogP contribution < -0.4 is 0 Å². The number of nitrogens with zero attached hydrogens (tertiary/aromatic N) is 1. The zero-order valence-electron chi connectivity index (χ0n) is 16.1. The molecule has 2 aromatic rings. The third kappa shape index (κ3) is 4.32. The van der Waals surface area contributed by atoms with E-state index in [2.05, 4.69) is 0 Å². The minimum absolute atomic E-state index is 0.0143. The van der Waals surface area contributed by atoms with Crippen molar-refractivity contribution in [2.75, 3.05) is 20.3 Å². The monoisotopic (exact) mass is 433 g/mol. The molecule has 1 amide bonds. The summed E-state index contributed by atoms with van der Waals surface area (Å²) in [5.74, 6) is -1.64. The van der Waals surface area contributed by atoms with Crippen molar-refractivity contribution in [3.05, 3.63) is 74.8 Å². The van der Waals surface area contributed by atoms with Crippen LogP contribution in [0.2, 0.25) is 10.0 Å². The number of hydrogen-bond acceptors (Lipinski definition) is 4. The number of aliphatic hydroxyl groups excluding tert-OH is 1. The number of aryl methyl sites for hydroxylation is 1. The molecule has 0 radical (unpaired) electrons. The molecule has 0 unspecified atom stereocenters. The average Bonchev–Trinajstić information content (AvgIpc) is 2.93. The van der Waals surface area contributed by atoms with Crippen molar-refractivity contribution in [1.29, 1.82) is 0 Å². The smallest absolute Gasteiger partial charge is 0.295 e. The molecule has 2 aromatic carbocycles. The molecule has 1 N–H and O–H groups in total. The van der Waals surface area contributed by atoms with Crippen LogP contribution in [0, 0.1) is 6.92 Å². The third-order valence-electron chi connectivity index (χ3n) is 4.87. The summed E-state index contributed by atoms with van der Waals surface area (Å²) in [5, 5.41) is 11.7. The number of halogens is 2. The molecule has 0 aromatic heterocycles. The van der Waals surface area contributed by atoms with Crippen LogP contribution in [0.1, 0.15) is 29.2 Å². The summed E-state index contributed by atoms with van der Waals surface area (Å²) in [7, 11) is 1.57. The van der Waals surface area contributed by atoms with Crippen LogP contribution in [0.25, 0.3) is 5.76 Å². The topological polar surface area (TPSA) is 66.8 Å². The molecule has 0 aliphatic carbocycles. The lowest BCUT2D eigenvalue weighted by atomic mass is 9.95. The largest absolute Gasteiger partial charge is 0.507 e. The van der Waals surface area contributed by atoms with Gasteiger partial charge in [-0.2, -0.15) is 0 Å². The van der Waals surface area contributed by atoms with Crippen LogP contribution in [-0.2, 0) is 14.3 Å². The van der Waals surface area contributed by atoms with Crippen molar-refractivity contribution in [1.82, 2.24) is 4.90 Å². The van der Waals surface area contributed by atoms with E-state index in [1.165, 1.54) is 4.90 Å². The molecule has 1 aliphatic rings. The van der Waals surface area contributed by atoms with E-state index < -0.39 is 17.7 Å². The van der Waals surface area contributed by atoms with Crippen molar-refractivity contribution in [2.24, 2.45) is 0 Å². The Morgan fingerprint density at radius 3 is 2.45 bits per heavy atom. The maximum Gasteiger partial charge on any atom is 0.295 e. The summed E-state index contributed by atoms with van der Waals surface area (Å²) in [5.41, 5.74) is 2.02. The molecule has 0 saturated carbocycles. The maximum atomic E-state index is 12.9. The molecule has 1 atom stereocenters. The van der Waals surface area contributed by atoms with Gasteiger partial charge >= 0.3 is 0 Å². The van der Waals surface area contributed by atoms with Gasteiger partial charge in [-0.1, -0.05) is 59.1 Å². The van der Waals surface area contributed by atoms with Crippen molar-refractivity contribution >= 4 is 40.7 Å². The van der Waals surface area contributed by atoms with Crippen LogP contribution >= 0.6 is 23.2 Å². The second kappa shape index (κ2) is 8.99. The lowest BCUT2D eigenvalue weighted by Gasteiger charge is -2.26. The number of ketones is 1. The molecule has 3 rings (SSSR count). The fraction of sp³-hybridized carbons (Fsp3) is 0.273.